The van der Waals surface area contributed by atoms with E-state index in [1.165, 1.54) is 27.1 Å². The van der Waals surface area contributed by atoms with Crippen LogP contribution in [0.2, 0.25) is 0 Å². The summed E-state index contributed by atoms with van der Waals surface area (Å²) in [6.07, 6.45) is -3.75. The highest BCUT2D eigenvalue weighted by atomic mass is 32.1. The van der Waals surface area contributed by atoms with Gasteiger partial charge in [0.25, 0.3) is 0 Å². The third kappa shape index (κ3) is 6.12. The number of amides is 1. The third-order valence-corrected chi connectivity index (χ3v) is 9.38. The monoisotopic (exact) mass is 580 g/mol. The summed E-state index contributed by atoms with van der Waals surface area (Å²) < 4.78 is 66.9. The standard InChI is InChI=1S/C26H28F3N4O4PS/c1-4-33-14-22(25(31-33)26(27,28)29)19-10-8-7-9-18(19)21-13-32(15-23-20(21)11-17(12-30)39-23)24(34)16-38(35,36-5-2)37-6-3/h7-11,14,21H,4-6,13,15-16H2,1-3H3/t21-/m0/s1. The maximum absolute atomic E-state index is 14.0. The maximum Gasteiger partial charge on any atom is 0.435 e. The number of hydrogen-bond donors (Lipinski definition) is 0. The van der Waals surface area contributed by atoms with Gasteiger partial charge in [-0.1, -0.05) is 24.3 Å². The quantitative estimate of drug-likeness (QED) is 0.277. The third-order valence-electron chi connectivity index (χ3n) is 6.38. The first-order valence-electron chi connectivity index (χ1n) is 12.5. The lowest BCUT2D eigenvalue weighted by Gasteiger charge is -2.34. The molecule has 1 atom stereocenters. The van der Waals surface area contributed by atoms with Gasteiger partial charge in [0.2, 0.25) is 5.91 Å². The number of aromatic nitrogens is 2. The number of thiophene rings is 1. The van der Waals surface area contributed by atoms with Crippen molar-refractivity contribution in [1.82, 2.24) is 14.7 Å². The number of rotatable bonds is 9. The Morgan fingerprint density at radius 1 is 1.18 bits per heavy atom. The van der Waals surface area contributed by atoms with Crippen molar-refractivity contribution in [1.29, 1.82) is 5.26 Å². The van der Waals surface area contributed by atoms with Gasteiger partial charge in [-0.2, -0.15) is 23.5 Å². The Balaban J connectivity index is 1.79. The van der Waals surface area contributed by atoms with Crippen molar-refractivity contribution < 1.29 is 31.6 Å². The molecule has 1 aromatic carbocycles. The normalized spacial score (nSPS) is 15.7. The number of carbonyl (C=O) groups is 1. The van der Waals surface area contributed by atoms with E-state index < -0.39 is 37.5 Å². The highest BCUT2D eigenvalue weighted by molar-refractivity contribution is 7.54. The molecular weight excluding hydrogens is 552 g/mol. The number of benzene rings is 1. The average Bonchev–Trinajstić information content (AvgIpc) is 3.52. The number of halogens is 3. The Kier molecular flexibility index (Phi) is 8.66. The molecule has 13 heteroatoms. The van der Waals surface area contributed by atoms with Crippen LogP contribution in [0.25, 0.3) is 11.1 Å². The van der Waals surface area contributed by atoms with Crippen LogP contribution in [0.4, 0.5) is 13.2 Å². The van der Waals surface area contributed by atoms with Crippen molar-refractivity contribution >= 4 is 24.8 Å². The first-order chi connectivity index (χ1) is 18.5. The minimum absolute atomic E-state index is 0.0575. The molecule has 8 nitrogen and oxygen atoms in total. The summed E-state index contributed by atoms with van der Waals surface area (Å²) >= 11 is 1.23. The van der Waals surface area contributed by atoms with Crippen LogP contribution in [0, 0.1) is 11.3 Å². The van der Waals surface area contributed by atoms with Crippen molar-refractivity contribution in [3.8, 4) is 17.2 Å². The van der Waals surface area contributed by atoms with Gasteiger partial charge in [-0.3, -0.25) is 14.0 Å². The molecule has 0 saturated carbocycles. The largest absolute Gasteiger partial charge is 0.435 e. The molecule has 3 aromatic rings. The second-order valence-corrected chi connectivity index (χ2v) is 12.1. The summed E-state index contributed by atoms with van der Waals surface area (Å²) in [5, 5.41) is 13.3. The molecule has 1 aliphatic rings. The predicted octanol–water partition coefficient (Wildman–Crippen LogP) is 6.26. The predicted molar refractivity (Wildman–Crippen MR) is 140 cm³/mol. The molecule has 0 N–H and O–H groups in total. The van der Waals surface area contributed by atoms with Gasteiger partial charge in [-0.05, 0) is 43.5 Å². The Labute approximate surface area is 228 Å². The molecule has 0 aliphatic carbocycles. The zero-order valence-corrected chi connectivity index (χ0v) is 23.4. The highest BCUT2D eigenvalue weighted by Gasteiger charge is 2.40. The second kappa shape index (κ2) is 11.6. The Bertz CT molecular complexity index is 1440. The smallest absolute Gasteiger partial charge is 0.336 e. The molecular formula is C26H28F3N4O4PS. The van der Waals surface area contributed by atoms with Gasteiger partial charge in [0.05, 0.1) is 19.8 Å². The summed E-state index contributed by atoms with van der Waals surface area (Å²) in [7, 11) is -3.68. The fourth-order valence-electron chi connectivity index (χ4n) is 4.75. The van der Waals surface area contributed by atoms with Crippen molar-refractivity contribution in [2.24, 2.45) is 0 Å². The summed E-state index contributed by atoms with van der Waals surface area (Å²) in [6.45, 7) is 5.78. The van der Waals surface area contributed by atoms with Gasteiger partial charge in [0.1, 0.15) is 17.1 Å². The molecule has 3 heterocycles. The number of nitriles is 1. The van der Waals surface area contributed by atoms with Crippen molar-refractivity contribution in [2.75, 3.05) is 25.9 Å². The van der Waals surface area contributed by atoms with E-state index in [2.05, 4.69) is 11.2 Å². The van der Waals surface area contributed by atoms with E-state index in [4.69, 9.17) is 9.05 Å². The van der Waals surface area contributed by atoms with E-state index in [0.717, 1.165) is 10.4 Å². The first-order valence-corrected chi connectivity index (χ1v) is 15.0. The molecule has 1 amide bonds. The molecule has 0 saturated heterocycles. The number of carbonyl (C=O) groups excluding carboxylic acids is 1. The molecule has 4 rings (SSSR count). The lowest BCUT2D eigenvalue weighted by Crippen LogP contribution is -2.39. The Morgan fingerprint density at radius 3 is 2.49 bits per heavy atom. The van der Waals surface area contributed by atoms with Crippen LogP contribution in [0.5, 0.6) is 0 Å². The van der Waals surface area contributed by atoms with Crippen LogP contribution >= 0.6 is 18.9 Å². The summed E-state index contributed by atoms with van der Waals surface area (Å²) in [5.41, 5.74) is 0.643. The molecule has 2 aromatic heterocycles. The molecule has 0 radical (unpaired) electrons. The lowest BCUT2D eigenvalue weighted by atomic mass is 9.83. The SMILES string of the molecule is CCOP(=O)(CC(=O)N1Cc2sc(C#N)cc2[C@H](c2ccccc2-c2cn(CC)nc2C(F)(F)F)C1)OCC. The van der Waals surface area contributed by atoms with Crippen molar-refractivity contribution in [2.45, 2.75) is 46.0 Å². The molecule has 0 spiro atoms. The zero-order valence-electron chi connectivity index (χ0n) is 21.7. The minimum Gasteiger partial charge on any atom is -0.336 e. The number of alkyl halides is 3. The van der Waals surface area contributed by atoms with Crippen LogP contribution in [0.3, 0.4) is 0 Å². The highest BCUT2D eigenvalue weighted by Crippen LogP contribution is 2.49. The van der Waals surface area contributed by atoms with Gasteiger partial charge < -0.3 is 13.9 Å². The molecule has 39 heavy (non-hydrogen) atoms. The number of fused-ring (bicyclic) bond motifs is 1. The number of aryl methyl sites for hydroxylation is 1. The number of nitrogens with zero attached hydrogens (tertiary/aromatic N) is 4. The molecule has 0 bridgehead atoms. The number of hydrogen-bond acceptors (Lipinski definition) is 7. The average molecular weight is 581 g/mol. The van der Waals surface area contributed by atoms with E-state index in [9.17, 15) is 27.8 Å². The fraction of sp³-hybridized carbons (Fsp3) is 0.423. The van der Waals surface area contributed by atoms with Gasteiger partial charge in [0, 0.05) is 35.6 Å². The van der Waals surface area contributed by atoms with Crippen LogP contribution in [-0.2, 0) is 37.7 Å². The van der Waals surface area contributed by atoms with Gasteiger partial charge in [0.15, 0.2) is 5.69 Å². The Hall–Kier alpha value is -2.97. The Morgan fingerprint density at radius 2 is 1.87 bits per heavy atom. The summed E-state index contributed by atoms with van der Waals surface area (Å²) in [5.74, 6) is -0.994. The van der Waals surface area contributed by atoms with E-state index in [-0.39, 0.29) is 38.4 Å². The van der Waals surface area contributed by atoms with Crippen molar-refractivity contribution in [3.05, 3.63) is 63.1 Å². The van der Waals surface area contributed by atoms with Crippen LogP contribution in [-0.4, -0.2) is 46.5 Å². The van der Waals surface area contributed by atoms with Crippen LogP contribution < -0.4 is 0 Å². The molecule has 1 aliphatic heterocycles. The van der Waals surface area contributed by atoms with Crippen LogP contribution in [0.1, 0.15) is 53.3 Å². The lowest BCUT2D eigenvalue weighted by molar-refractivity contribution is -0.141. The van der Waals surface area contributed by atoms with E-state index >= 15 is 0 Å². The molecule has 208 valence electrons. The second-order valence-electron chi connectivity index (χ2n) is 8.86. The van der Waals surface area contributed by atoms with Gasteiger partial charge in [-0.25, -0.2) is 0 Å². The maximum atomic E-state index is 14.0. The van der Waals surface area contributed by atoms with Gasteiger partial charge >= 0.3 is 13.8 Å². The molecule has 0 unspecified atom stereocenters. The first kappa shape index (κ1) is 29.0. The summed E-state index contributed by atoms with van der Waals surface area (Å²) in [4.78, 5) is 16.1. The fourth-order valence-corrected chi connectivity index (χ4v) is 7.36. The van der Waals surface area contributed by atoms with E-state index in [1.54, 1.807) is 51.1 Å². The zero-order chi connectivity index (χ0) is 28.4. The van der Waals surface area contributed by atoms with E-state index in [0.29, 0.717) is 16.0 Å². The van der Waals surface area contributed by atoms with Gasteiger partial charge in [-0.15, -0.1) is 11.3 Å². The summed E-state index contributed by atoms with van der Waals surface area (Å²) in [6, 6.07) is 10.6. The van der Waals surface area contributed by atoms with Crippen LogP contribution in [0.15, 0.2) is 36.5 Å². The van der Waals surface area contributed by atoms with E-state index in [1.807, 2.05) is 0 Å². The minimum atomic E-state index is -4.67. The van der Waals surface area contributed by atoms with Crippen molar-refractivity contribution in [3.63, 3.8) is 0 Å². The topological polar surface area (TPSA) is 97.5 Å². The molecule has 0 fully saturated rings.